The van der Waals surface area contributed by atoms with E-state index in [4.69, 9.17) is 25.2 Å². The predicted molar refractivity (Wildman–Crippen MR) is 65.1 cm³/mol. The number of nitrogens with zero attached hydrogens (tertiary/aromatic N) is 2. The highest BCUT2D eigenvalue weighted by molar-refractivity contribution is 7.53. The van der Waals surface area contributed by atoms with Crippen LogP contribution >= 0.6 is 8.17 Å². The SMILES string of the molecule is NC(=O)c1ncn(C2CCC(CO[P+](O)(O)O)O2)c1O. The fourth-order valence-corrected chi connectivity index (χ4v) is 2.30. The first-order valence-electron chi connectivity index (χ1n) is 5.71. The smallest absolute Gasteiger partial charge is 0.493 e. The molecule has 0 radical (unpaired) electrons. The molecule has 20 heavy (non-hydrogen) atoms. The zero-order chi connectivity index (χ0) is 14.9. The fraction of sp³-hybridized carbons (Fsp3) is 0.556. The molecule has 2 atom stereocenters. The first-order valence-corrected chi connectivity index (χ1v) is 7.27. The van der Waals surface area contributed by atoms with Crippen LogP contribution in [0.25, 0.3) is 0 Å². The van der Waals surface area contributed by atoms with E-state index in [2.05, 4.69) is 9.51 Å². The van der Waals surface area contributed by atoms with Crippen LogP contribution in [-0.4, -0.2) is 48.0 Å². The number of imidazole rings is 1. The van der Waals surface area contributed by atoms with E-state index >= 15 is 0 Å². The number of amides is 1. The molecule has 6 N–H and O–H groups in total. The molecule has 112 valence electrons. The molecule has 0 saturated carbocycles. The summed E-state index contributed by atoms with van der Waals surface area (Å²) >= 11 is 0. The minimum absolute atomic E-state index is 0.202. The third-order valence-corrected chi connectivity index (χ3v) is 3.33. The van der Waals surface area contributed by atoms with Crippen LogP contribution in [-0.2, 0) is 9.26 Å². The Morgan fingerprint density at radius 2 is 2.25 bits per heavy atom. The van der Waals surface area contributed by atoms with E-state index in [1.165, 1.54) is 10.9 Å². The molecule has 1 aromatic rings. The van der Waals surface area contributed by atoms with E-state index in [0.717, 1.165) is 0 Å². The lowest BCUT2D eigenvalue weighted by Gasteiger charge is -2.14. The van der Waals surface area contributed by atoms with E-state index in [1.54, 1.807) is 0 Å². The van der Waals surface area contributed by atoms with Gasteiger partial charge in [-0.15, -0.1) is 0 Å². The summed E-state index contributed by atoms with van der Waals surface area (Å²) in [5.74, 6) is -1.24. The van der Waals surface area contributed by atoms with Crippen LogP contribution in [0.5, 0.6) is 5.88 Å². The molecule has 10 nitrogen and oxygen atoms in total. The van der Waals surface area contributed by atoms with E-state index < -0.39 is 32.3 Å². The molecule has 0 aliphatic carbocycles. The van der Waals surface area contributed by atoms with Crippen LogP contribution in [0.2, 0.25) is 0 Å². The quantitative estimate of drug-likeness (QED) is 0.434. The standard InChI is InChI=1S/C9H14N3O7P/c10-8(13)7-9(14)12(4-11-7)6-2-1-5(19-6)3-18-20(15,16)17/h4-6,15-17H,1-3H2,(H2-,10,13,14)/p+1. The van der Waals surface area contributed by atoms with E-state index in [-0.39, 0.29) is 12.3 Å². The van der Waals surface area contributed by atoms with Gasteiger partial charge in [-0.3, -0.25) is 9.36 Å². The zero-order valence-corrected chi connectivity index (χ0v) is 11.2. The number of hydrogen-bond donors (Lipinski definition) is 5. The molecule has 0 bridgehead atoms. The van der Waals surface area contributed by atoms with Gasteiger partial charge in [-0.25, -0.2) is 4.98 Å². The van der Waals surface area contributed by atoms with Crippen LogP contribution in [0, 0.1) is 0 Å². The van der Waals surface area contributed by atoms with Crippen molar-refractivity contribution in [2.24, 2.45) is 5.73 Å². The molecule has 1 aromatic heterocycles. The summed E-state index contributed by atoms with van der Waals surface area (Å²) in [6, 6.07) is 0. The van der Waals surface area contributed by atoms with Crippen molar-refractivity contribution >= 4 is 14.1 Å². The molecule has 11 heteroatoms. The lowest BCUT2D eigenvalue weighted by Crippen LogP contribution is -2.17. The van der Waals surface area contributed by atoms with E-state index in [0.29, 0.717) is 12.8 Å². The molecule has 2 heterocycles. The third kappa shape index (κ3) is 3.42. The molecular weight excluding hydrogens is 293 g/mol. The Balaban J connectivity index is 1.98. The Morgan fingerprint density at radius 1 is 1.55 bits per heavy atom. The van der Waals surface area contributed by atoms with Crippen molar-refractivity contribution in [3.05, 3.63) is 12.0 Å². The molecule has 0 spiro atoms. The maximum atomic E-state index is 11.0. The van der Waals surface area contributed by atoms with E-state index in [1.807, 2.05) is 0 Å². The van der Waals surface area contributed by atoms with Crippen LogP contribution in [0.3, 0.4) is 0 Å². The van der Waals surface area contributed by atoms with Crippen molar-refractivity contribution < 1.29 is 33.8 Å². The maximum Gasteiger partial charge on any atom is 0.567 e. The first kappa shape index (κ1) is 15.1. The molecule has 1 aliphatic rings. The van der Waals surface area contributed by atoms with Gasteiger partial charge < -0.3 is 15.6 Å². The molecule has 1 aliphatic heterocycles. The normalized spacial score (nSPS) is 23.1. The van der Waals surface area contributed by atoms with Gasteiger partial charge in [-0.05, 0) is 12.8 Å². The summed E-state index contributed by atoms with van der Waals surface area (Å²) in [4.78, 5) is 40.8. The Labute approximate surface area is 114 Å². The highest BCUT2D eigenvalue weighted by Crippen LogP contribution is 2.46. The second-order valence-electron chi connectivity index (χ2n) is 4.29. The van der Waals surface area contributed by atoms with E-state index in [9.17, 15) is 9.90 Å². The number of nitrogens with two attached hydrogens (primary N) is 1. The van der Waals surface area contributed by atoms with Gasteiger partial charge in [-0.2, -0.15) is 19.2 Å². The fourth-order valence-electron chi connectivity index (χ4n) is 1.94. The van der Waals surface area contributed by atoms with Gasteiger partial charge in [0.1, 0.15) is 19.2 Å². The third-order valence-electron chi connectivity index (χ3n) is 2.83. The summed E-state index contributed by atoms with van der Waals surface area (Å²) in [6.07, 6.45) is 1.17. The zero-order valence-electron chi connectivity index (χ0n) is 10.3. The van der Waals surface area contributed by atoms with Crippen molar-refractivity contribution in [3.8, 4) is 5.88 Å². The van der Waals surface area contributed by atoms with Crippen molar-refractivity contribution in [1.82, 2.24) is 9.55 Å². The number of aromatic nitrogens is 2. The Morgan fingerprint density at radius 3 is 2.80 bits per heavy atom. The number of aromatic hydroxyl groups is 1. The highest BCUT2D eigenvalue weighted by Gasteiger charge is 2.37. The second-order valence-corrected chi connectivity index (χ2v) is 5.57. The Kier molecular flexibility index (Phi) is 4.23. The highest BCUT2D eigenvalue weighted by atomic mass is 31.2. The van der Waals surface area contributed by atoms with Crippen LogP contribution in [0.4, 0.5) is 0 Å². The monoisotopic (exact) mass is 308 g/mol. The lowest BCUT2D eigenvalue weighted by atomic mass is 10.2. The Hall–Kier alpha value is -1.29. The topological polar surface area (TPSA) is 160 Å². The van der Waals surface area contributed by atoms with Gasteiger partial charge in [0.25, 0.3) is 5.91 Å². The number of carbonyl (C=O) groups excluding carboxylic acids is 1. The maximum absolute atomic E-state index is 11.0. The van der Waals surface area contributed by atoms with Gasteiger partial charge in [0.15, 0.2) is 5.69 Å². The van der Waals surface area contributed by atoms with Gasteiger partial charge in [0.05, 0.1) is 6.10 Å². The van der Waals surface area contributed by atoms with Gasteiger partial charge in [0.2, 0.25) is 5.88 Å². The molecule has 2 unspecified atom stereocenters. The molecule has 1 saturated heterocycles. The molecule has 1 fully saturated rings. The van der Waals surface area contributed by atoms with Gasteiger partial charge >= 0.3 is 8.17 Å². The molecular formula is C9H15N3O7P+. The number of rotatable bonds is 5. The van der Waals surface area contributed by atoms with Crippen LogP contribution < -0.4 is 5.73 Å². The van der Waals surface area contributed by atoms with Crippen molar-refractivity contribution in [2.75, 3.05) is 6.61 Å². The van der Waals surface area contributed by atoms with Gasteiger partial charge in [0, 0.05) is 0 Å². The summed E-state index contributed by atoms with van der Waals surface area (Å²) in [5.41, 5.74) is 4.78. The number of ether oxygens (including phenoxy) is 1. The van der Waals surface area contributed by atoms with Crippen molar-refractivity contribution in [2.45, 2.75) is 25.2 Å². The first-order chi connectivity index (χ1) is 9.28. The molecule has 2 rings (SSSR count). The Bertz CT molecular complexity index is 500. The lowest BCUT2D eigenvalue weighted by molar-refractivity contribution is -0.0276. The summed E-state index contributed by atoms with van der Waals surface area (Å²) in [7, 11) is -4.29. The van der Waals surface area contributed by atoms with Gasteiger partial charge in [-0.1, -0.05) is 0 Å². The molecule has 0 aromatic carbocycles. The van der Waals surface area contributed by atoms with Crippen molar-refractivity contribution in [3.63, 3.8) is 0 Å². The summed E-state index contributed by atoms with van der Waals surface area (Å²) in [6.45, 7) is -0.202. The van der Waals surface area contributed by atoms with Crippen molar-refractivity contribution in [1.29, 1.82) is 0 Å². The number of hydrogen-bond acceptors (Lipinski definition) is 8. The predicted octanol–water partition coefficient (Wildman–Crippen LogP) is -0.964. The average Bonchev–Trinajstić information content (AvgIpc) is 2.91. The molecule has 1 amide bonds. The number of primary amides is 1. The number of carbonyl (C=O) groups is 1. The minimum atomic E-state index is -4.29. The largest absolute Gasteiger partial charge is 0.567 e. The van der Waals surface area contributed by atoms with Crippen LogP contribution in [0.1, 0.15) is 29.6 Å². The summed E-state index contributed by atoms with van der Waals surface area (Å²) < 4.78 is 11.2. The average molecular weight is 308 g/mol. The minimum Gasteiger partial charge on any atom is -0.493 e. The summed E-state index contributed by atoms with van der Waals surface area (Å²) in [5, 5.41) is 9.78. The van der Waals surface area contributed by atoms with Crippen LogP contribution in [0.15, 0.2) is 6.33 Å². The second kappa shape index (κ2) is 5.60.